The Morgan fingerprint density at radius 2 is 2.16 bits per heavy atom. The van der Waals surface area contributed by atoms with E-state index in [1.165, 1.54) is 12.1 Å². The molecule has 1 aromatic rings. The predicted molar refractivity (Wildman–Crippen MR) is 78.3 cm³/mol. The number of ether oxygens (including phenoxy) is 1. The maximum atomic E-state index is 13.0. The third-order valence-corrected chi connectivity index (χ3v) is 3.37. The van der Waals surface area contributed by atoms with Crippen molar-refractivity contribution in [1.29, 1.82) is 0 Å². The summed E-state index contributed by atoms with van der Waals surface area (Å²) in [5, 5.41) is 3.95. The minimum atomic E-state index is -0.287. The first-order chi connectivity index (χ1) is 9.17. The summed E-state index contributed by atoms with van der Waals surface area (Å²) in [7, 11) is 0. The molecular formula is C15H23ClFNO. The molecule has 0 bridgehead atoms. The van der Waals surface area contributed by atoms with Gasteiger partial charge in [0.25, 0.3) is 0 Å². The van der Waals surface area contributed by atoms with E-state index in [9.17, 15) is 4.39 Å². The van der Waals surface area contributed by atoms with Crippen LogP contribution in [0, 0.1) is 5.82 Å². The highest BCUT2D eigenvalue weighted by Gasteiger charge is 2.11. The van der Waals surface area contributed by atoms with Crippen molar-refractivity contribution in [3.8, 4) is 0 Å². The van der Waals surface area contributed by atoms with Crippen LogP contribution in [-0.4, -0.2) is 25.8 Å². The van der Waals surface area contributed by atoms with E-state index in [0.717, 1.165) is 44.6 Å². The lowest BCUT2D eigenvalue weighted by atomic mass is 10.0. The first kappa shape index (κ1) is 16.4. The van der Waals surface area contributed by atoms with Crippen molar-refractivity contribution >= 4 is 11.6 Å². The zero-order chi connectivity index (χ0) is 14.1. The molecule has 0 spiro atoms. The average Bonchev–Trinajstić information content (AvgIpc) is 2.38. The molecule has 1 atom stereocenters. The highest BCUT2D eigenvalue weighted by Crippen LogP contribution is 2.19. The summed E-state index contributed by atoms with van der Waals surface area (Å²) in [4.78, 5) is 0. The predicted octanol–water partition coefficient (Wildman–Crippen LogP) is 3.82. The molecule has 0 fully saturated rings. The molecule has 1 aromatic carbocycles. The van der Waals surface area contributed by atoms with Gasteiger partial charge in [-0.25, -0.2) is 4.39 Å². The first-order valence-electron chi connectivity index (χ1n) is 6.92. The average molecular weight is 288 g/mol. The van der Waals surface area contributed by atoms with Crippen LogP contribution in [0.3, 0.4) is 0 Å². The fourth-order valence-corrected chi connectivity index (χ4v) is 2.34. The molecule has 1 unspecified atom stereocenters. The Hall–Kier alpha value is -0.640. The van der Waals surface area contributed by atoms with E-state index in [4.69, 9.17) is 16.3 Å². The van der Waals surface area contributed by atoms with Gasteiger partial charge in [0.15, 0.2) is 0 Å². The molecule has 19 heavy (non-hydrogen) atoms. The Balaban J connectivity index is 2.51. The molecule has 0 aliphatic rings. The van der Waals surface area contributed by atoms with Crippen molar-refractivity contribution < 1.29 is 9.13 Å². The summed E-state index contributed by atoms with van der Waals surface area (Å²) in [5.41, 5.74) is 0.991. The third-order valence-electron chi connectivity index (χ3n) is 3.02. The lowest BCUT2D eigenvalue weighted by Gasteiger charge is -2.18. The van der Waals surface area contributed by atoms with Gasteiger partial charge in [-0.3, -0.25) is 0 Å². The lowest BCUT2D eigenvalue weighted by molar-refractivity contribution is 0.141. The summed E-state index contributed by atoms with van der Waals surface area (Å²) in [5.74, 6) is -0.287. The van der Waals surface area contributed by atoms with E-state index >= 15 is 0 Å². The van der Waals surface area contributed by atoms with Crippen LogP contribution in [0.15, 0.2) is 18.2 Å². The highest BCUT2D eigenvalue weighted by atomic mass is 35.5. The van der Waals surface area contributed by atoms with Gasteiger partial charge in [0, 0.05) is 24.3 Å². The van der Waals surface area contributed by atoms with E-state index in [2.05, 4.69) is 12.2 Å². The van der Waals surface area contributed by atoms with Crippen LogP contribution in [0.2, 0.25) is 5.02 Å². The summed E-state index contributed by atoms with van der Waals surface area (Å²) < 4.78 is 18.4. The van der Waals surface area contributed by atoms with Crippen LogP contribution in [0.1, 0.15) is 32.3 Å². The molecule has 0 amide bonds. The second kappa shape index (κ2) is 9.29. The Kier molecular flexibility index (Phi) is 8.03. The van der Waals surface area contributed by atoms with E-state index in [0.29, 0.717) is 11.1 Å². The maximum absolute atomic E-state index is 13.0. The summed E-state index contributed by atoms with van der Waals surface area (Å²) in [6.45, 7) is 6.55. The van der Waals surface area contributed by atoms with Crippen molar-refractivity contribution in [1.82, 2.24) is 5.32 Å². The van der Waals surface area contributed by atoms with Gasteiger partial charge >= 0.3 is 0 Å². The quantitative estimate of drug-likeness (QED) is 0.697. The zero-order valence-electron chi connectivity index (χ0n) is 11.7. The highest BCUT2D eigenvalue weighted by molar-refractivity contribution is 6.31. The molecule has 4 heteroatoms. The second-order valence-corrected chi connectivity index (χ2v) is 4.94. The molecule has 0 heterocycles. The van der Waals surface area contributed by atoms with Crippen molar-refractivity contribution in [2.45, 2.75) is 39.2 Å². The fraction of sp³-hybridized carbons (Fsp3) is 0.600. The number of hydrogen-bond donors (Lipinski definition) is 1. The Bertz CT molecular complexity index is 373. The summed E-state index contributed by atoms with van der Waals surface area (Å²) in [6.07, 6.45) is 2.87. The number of benzene rings is 1. The van der Waals surface area contributed by atoms with Crippen LogP contribution >= 0.6 is 11.6 Å². The van der Waals surface area contributed by atoms with E-state index in [1.807, 2.05) is 6.92 Å². The molecule has 1 rings (SSSR count). The number of halogens is 2. The number of nitrogens with one attached hydrogen (secondary N) is 1. The molecule has 0 aromatic heterocycles. The Morgan fingerprint density at radius 1 is 1.37 bits per heavy atom. The topological polar surface area (TPSA) is 21.3 Å². The van der Waals surface area contributed by atoms with Crippen molar-refractivity contribution in [3.63, 3.8) is 0 Å². The van der Waals surface area contributed by atoms with E-state index < -0.39 is 0 Å². The van der Waals surface area contributed by atoms with Gasteiger partial charge in [0.2, 0.25) is 0 Å². The lowest BCUT2D eigenvalue weighted by Crippen LogP contribution is -2.31. The third kappa shape index (κ3) is 6.37. The molecule has 108 valence electrons. The molecule has 0 saturated carbocycles. The van der Waals surface area contributed by atoms with Gasteiger partial charge in [-0.1, -0.05) is 24.6 Å². The van der Waals surface area contributed by atoms with E-state index in [1.54, 1.807) is 6.07 Å². The first-order valence-corrected chi connectivity index (χ1v) is 7.30. The van der Waals surface area contributed by atoms with Crippen molar-refractivity contribution in [2.75, 3.05) is 19.8 Å². The SMILES string of the molecule is CCNC(CCCOCC)Cc1ccc(F)cc1Cl. The van der Waals surface area contributed by atoms with Crippen molar-refractivity contribution in [2.24, 2.45) is 0 Å². The molecular weight excluding hydrogens is 265 g/mol. The molecule has 0 aliphatic carbocycles. The standard InChI is InChI=1S/C15H23ClFNO/c1-3-18-14(6-5-9-19-4-2)10-12-7-8-13(17)11-15(12)16/h7-8,11,14,18H,3-6,9-10H2,1-2H3. The molecule has 0 aliphatic heterocycles. The second-order valence-electron chi connectivity index (χ2n) is 4.53. The minimum absolute atomic E-state index is 0.287. The van der Waals surface area contributed by atoms with E-state index in [-0.39, 0.29) is 5.82 Å². The van der Waals surface area contributed by atoms with Gasteiger partial charge < -0.3 is 10.1 Å². The van der Waals surface area contributed by atoms with Gasteiger partial charge in [-0.2, -0.15) is 0 Å². The molecule has 0 saturated heterocycles. The van der Waals surface area contributed by atoms with Gasteiger partial charge in [0.05, 0.1) is 0 Å². The Labute approximate surface area is 120 Å². The molecule has 0 radical (unpaired) electrons. The number of rotatable bonds is 9. The smallest absolute Gasteiger partial charge is 0.124 e. The minimum Gasteiger partial charge on any atom is -0.382 e. The zero-order valence-corrected chi connectivity index (χ0v) is 12.5. The molecule has 2 nitrogen and oxygen atoms in total. The van der Waals surface area contributed by atoms with Gasteiger partial charge in [-0.05, 0) is 50.4 Å². The molecule has 1 N–H and O–H groups in total. The van der Waals surface area contributed by atoms with Crippen LogP contribution in [-0.2, 0) is 11.2 Å². The van der Waals surface area contributed by atoms with Crippen LogP contribution in [0.5, 0.6) is 0 Å². The summed E-state index contributed by atoms with van der Waals surface area (Å²) in [6, 6.07) is 4.96. The normalized spacial score (nSPS) is 12.6. The van der Waals surface area contributed by atoms with Crippen LogP contribution in [0.25, 0.3) is 0 Å². The fourth-order valence-electron chi connectivity index (χ4n) is 2.09. The number of hydrogen-bond acceptors (Lipinski definition) is 2. The van der Waals surface area contributed by atoms with Gasteiger partial charge in [-0.15, -0.1) is 0 Å². The van der Waals surface area contributed by atoms with Crippen molar-refractivity contribution in [3.05, 3.63) is 34.6 Å². The summed E-state index contributed by atoms with van der Waals surface area (Å²) >= 11 is 6.07. The number of likely N-dealkylation sites (N-methyl/N-ethyl adjacent to an activating group) is 1. The van der Waals surface area contributed by atoms with Crippen LogP contribution in [0.4, 0.5) is 4.39 Å². The van der Waals surface area contributed by atoms with Crippen LogP contribution < -0.4 is 5.32 Å². The largest absolute Gasteiger partial charge is 0.382 e. The maximum Gasteiger partial charge on any atom is 0.124 e. The monoisotopic (exact) mass is 287 g/mol. The Morgan fingerprint density at radius 3 is 2.79 bits per heavy atom. The van der Waals surface area contributed by atoms with Gasteiger partial charge in [0.1, 0.15) is 5.82 Å².